The summed E-state index contributed by atoms with van der Waals surface area (Å²) in [4.78, 5) is 4.07. The fraction of sp³-hybridized carbons (Fsp3) is 0.250. The first-order valence-corrected chi connectivity index (χ1v) is 6.56. The topological polar surface area (TPSA) is 72.0 Å². The lowest BCUT2D eigenvalue weighted by Crippen LogP contribution is -2.12. The first-order valence-electron chi connectivity index (χ1n) is 6.56. The fourth-order valence-electron chi connectivity index (χ4n) is 2.10. The Morgan fingerprint density at radius 2 is 1.90 bits per heavy atom. The highest BCUT2D eigenvalue weighted by atomic mass is 16.5. The summed E-state index contributed by atoms with van der Waals surface area (Å²) in [5.74, 6) is 1.87. The summed E-state index contributed by atoms with van der Waals surface area (Å²) in [6.07, 6.45) is 1.57. The first-order chi connectivity index (χ1) is 9.47. The molecule has 2 rings (SSSR count). The largest absolute Gasteiger partial charge is 0.456 e. The van der Waals surface area contributed by atoms with Crippen molar-refractivity contribution < 1.29 is 4.74 Å². The molecule has 0 unspecified atom stereocenters. The Labute approximate surface area is 119 Å². The van der Waals surface area contributed by atoms with Crippen molar-refractivity contribution in [1.82, 2.24) is 4.98 Å². The number of benzene rings is 1. The number of ether oxygens (including phenoxy) is 1. The zero-order chi connectivity index (χ0) is 14.7. The molecule has 0 saturated carbocycles. The monoisotopic (exact) mass is 269 g/mol. The van der Waals surface area contributed by atoms with Gasteiger partial charge in [-0.15, -0.1) is 0 Å². The van der Waals surface area contributed by atoms with Crippen LogP contribution < -0.4 is 10.5 Å². The maximum atomic E-state index is 7.29. The summed E-state index contributed by atoms with van der Waals surface area (Å²) in [6.45, 7) is 6.43. The summed E-state index contributed by atoms with van der Waals surface area (Å²) in [5.41, 5.74) is 8.34. The highest BCUT2D eigenvalue weighted by molar-refractivity contribution is 5.92. The van der Waals surface area contributed by atoms with E-state index in [-0.39, 0.29) is 5.84 Å². The molecule has 0 spiro atoms. The summed E-state index contributed by atoms with van der Waals surface area (Å²) in [6, 6.07) is 9.50. The number of aromatic nitrogens is 1. The van der Waals surface area contributed by atoms with Gasteiger partial charge in [0.15, 0.2) is 0 Å². The molecule has 3 N–H and O–H groups in total. The first kappa shape index (κ1) is 14.1. The van der Waals surface area contributed by atoms with Gasteiger partial charge in [0.25, 0.3) is 0 Å². The predicted molar refractivity (Wildman–Crippen MR) is 80.6 cm³/mol. The third-order valence-corrected chi connectivity index (χ3v) is 3.11. The van der Waals surface area contributed by atoms with Crippen LogP contribution in [-0.4, -0.2) is 10.8 Å². The van der Waals surface area contributed by atoms with Crippen molar-refractivity contribution in [1.29, 1.82) is 5.41 Å². The number of nitrogens with one attached hydrogen (secondary N) is 1. The molecule has 0 atom stereocenters. The van der Waals surface area contributed by atoms with Gasteiger partial charge in [-0.1, -0.05) is 19.9 Å². The molecule has 20 heavy (non-hydrogen) atoms. The maximum Gasteiger partial charge on any atom is 0.145 e. The van der Waals surface area contributed by atoms with Crippen molar-refractivity contribution in [3.63, 3.8) is 0 Å². The van der Waals surface area contributed by atoms with Crippen LogP contribution in [0.25, 0.3) is 0 Å². The van der Waals surface area contributed by atoms with Gasteiger partial charge >= 0.3 is 0 Å². The predicted octanol–water partition coefficient (Wildman–Crippen LogP) is 3.59. The van der Waals surface area contributed by atoms with Crippen LogP contribution in [0, 0.1) is 12.3 Å². The van der Waals surface area contributed by atoms with Gasteiger partial charge in [0, 0.05) is 0 Å². The van der Waals surface area contributed by atoms with E-state index in [9.17, 15) is 0 Å². The Kier molecular flexibility index (Phi) is 4.03. The van der Waals surface area contributed by atoms with Crippen molar-refractivity contribution >= 4 is 5.84 Å². The average Bonchev–Trinajstić information content (AvgIpc) is 2.39. The van der Waals surface area contributed by atoms with Crippen molar-refractivity contribution in [3.8, 4) is 11.5 Å². The van der Waals surface area contributed by atoms with E-state index in [0.29, 0.717) is 17.4 Å². The van der Waals surface area contributed by atoms with Crippen LogP contribution in [-0.2, 0) is 0 Å². The average molecular weight is 269 g/mol. The summed E-state index contributed by atoms with van der Waals surface area (Å²) in [5, 5.41) is 7.29. The normalized spacial score (nSPS) is 10.6. The second-order valence-electron chi connectivity index (χ2n) is 5.07. The van der Waals surface area contributed by atoms with Crippen LogP contribution in [0.3, 0.4) is 0 Å². The smallest absolute Gasteiger partial charge is 0.145 e. The third kappa shape index (κ3) is 3.15. The standard InChI is InChI=1S/C16H19N3O/c1-10(2)14-6-4-12(8-11(14)3)20-13-5-7-15(16(17)18)19-9-13/h4-10H,1-3H3,(H3,17,18). The Morgan fingerprint density at radius 1 is 1.20 bits per heavy atom. The van der Waals surface area contributed by atoms with E-state index in [1.165, 1.54) is 11.1 Å². The van der Waals surface area contributed by atoms with Crippen LogP contribution in [0.5, 0.6) is 11.5 Å². The van der Waals surface area contributed by atoms with Gasteiger partial charge in [-0.2, -0.15) is 0 Å². The molecule has 4 heteroatoms. The van der Waals surface area contributed by atoms with Gasteiger partial charge in [0.2, 0.25) is 0 Å². The third-order valence-electron chi connectivity index (χ3n) is 3.11. The van der Waals surface area contributed by atoms with Gasteiger partial charge in [-0.25, -0.2) is 4.98 Å². The van der Waals surface area contributed by atoms with Gasteiger partial charge in [-0.05, 0) is 48.2 Å². The van der Waals surface area contributed by atoms with E-state index < -0.39 is 0 Å². The lowest BCUT2D eigenvalue weighted by atomic mass is 9.98. The van der Waals surface area contributed by atoms with Crippen LogP contribution in [0.2, 0.25) is 0 Å². The molecule has 0 aliphatic carbocycles. The van der Waals surface area contributed by atoms with E-state index in [2.05, 4.69) is 31.8 Å². The van der Waals surface area contributed by atoms with Gasteiger partial charge in [-0.3, -0.25) is 5.41 Å². The zero-order valence-corrected chi connectivity index (χ0v) is 12.0. The van der Waals surface area contributed by atoms with E-state index in [4.69, 9.17) is 15.9 Å². The Hall–Kier alpha value is -2.36. The maximum absolute atomic E-state index is 7.29. The Balaban J connectivity index is 2.17. The lowest BCUT2D eigenvalue weighted by Gasteiger charge is -2.12. The van der Waals surface area contributed by atoms with Crippen LogP contribution >= 0.6 is 0 Å². The van der Waals surface area contributed by atoms with E-state index in [1.54, 1.807) is 18.3 Å². The van der Waals surface area contributed by atoms with Crippen molar-refractivity contribution in [2.45, 2.75) is 26.7 Å². The number of hydrogen-bond acceptors (Lipinski definition) is 3. The number of aryl methyl sites for hydroxylation is 1. The van der Waals surface area contributed by atoms with E-state index in [1.807, 2.05) is 12.1 Å². The number of pyridine rings is 1. The molecule has 0 bridgehead atoms. The van der Waals surface area contributed by atoms with E-state index >= 15 is 0 Å². The molecule has 0 aliphatic rings. The molecule has 0 fully saturated rings. The van der Waals surface area contributed by atoms with Gasteiger partial charge < -0.3 is 10.5 Å². The van der Waals surface area contributed by atoms with Gasteiger partial charge in [0.1, 0.15) is 23.0 Å². The Bertz CT molecular complexity index is 618. The highest BCUT2D eigenvalue weighted by Crippen LogP contribution is 2.26. The van der Waals surface area contributed by atoms with Crippen LogP contribution in [0.1, 0.15) is 36.6 Å². The number of nitrogens with zero attached hydrogens (tertiary/aromatic N) is 1. The van der Waals surface area contributed by atoms with Gasteiger partial charge in [0.05, 0.1) is 6.20 Å². The van der Waals surface area contributed by atoms with Crippen LogP contribution in [0.4, 0.5) is 0 Å². The fourth-order valence-corrected chi connectivity index (χ4v) is 2.10. The molecule has 0 radical (unpaired) electrons. The summed E-state index contributed by atoms with van der Waals surface area (Å²) < 4.78 is 5.75. The minimum Gasteiger partial charge on any atom is -0.456 e. The molecule has 0 saturated heterocycles. The molecule has 0 amide bonds. The number of rotatable bonds is 4. The molecule has 4 nitrogen and oxygen atoms in total. The molecular weight excluding hydrogens is 250 g/mol. The van der Waals surface area contributed by atoms with E-state index in [0.717, 1.165) is 5.75 Å². The SMILES string of the molecule is Cc1cc(Oc2ccc(C(=N)N)nc2)ccc1C(C)C. The molecule has 1 aromatic heterocycles. The Morgan fingerprint density at radius 3 is 2.40 bits per heavy atom. The highest BCUT2D eigenvalue weighted by Gasteiger charge is 2.06. The van der Waals surface area contributed by atoms with Crippen molar-refractivity contribution in [3.05, 3.63) is 53.3 Å². The molecule has 0 aliphatic heterocycles. The number of hydrogen-bond donors (Lipinski definition) is 2. The number of amidine groups is 1. The minimum atomic E-state index is -0.0475. The number of nitrogen functional groups attached to an aromatic ring is 1. The summed E-state index contributed by atoms with van der Waals surface area (Å²) in [7, 11) is 0. The second-order valence-corrected chi connectivity index (χ2v) is 5.07. The zero-order valence-electron chi connectivity index (χ0n) is 12.0. The molecule has 2 aromatic rings. The minimum absolute atomic E-state index is 0.0475. The lowest BCUT2D eigenvalue weighted by molar-refractivity contribution is 0.479. The van der Waals surface area contributed by atoms with Crippen LogP contribution in [0.15, 0.2) is 36.5 Å². The van der Waals surface area contributed by atoms with Crippen molar-refractivity contribution in [2.75, 3.05) is 0 Å². The number of nitrogens with two attached hydrogens (primary N) is 1. The molecule has 1 aromatic carbocycles. The summed E-state index contributed by atoms with van der Waals surface area (Å²) >= 11 is 0. The molecular formula is C16H19N3O. The molecule has 104 valence electrons. The molecule has 1 heterocycles. The quantitative estimate of drug-likeness (QED) is 0.658. The second kappa shape index (κ2) is 5.74. The van der Waals surface area contributed by atoms with Crippen molar-refractivity contribution in [2.24, 2.45) is 5.73 Å².